The molecule has 3 rings (SSSR count). The SMILES string of the molecule is CC(=O)OCCNC(=O)C1=NOC2(CCN(S(=O)(=O)Cc3ccccc3)CC2)C1. The molecule has 1 saturated heterocycles. The van der Waals surface area contributed by atoms with Gasteiger partial charge in [-0.1, -0.05) is 35.5 Å². The molecule has 9 nitrogen and oxygen atoms in total. The Morgan fingerprint density at radius 1 is 1.24 bits per heavy atom. The zero-order chi connectivity index (χ0) is 20.9. The minimum absolute atomic E-state index is 0.0335. The lowest BCUT2D eigenvalue weighted by Gasteiger charge is -2.36. The molecule has 0 saturated carbocycles. The minimum atomic E-state index is -3.41. The summed E-state index contributed by atoms with van der Waals surface area (Å²) >= 11 is 0. The normalized spacial score (nSPS) is 18.7. The molecule has 0 aliphatic carbocycles. The third-order valence-electron chi connectivity index (χ3n) is 5.01. The van der Waals surface area contributed by atoms with Crippen LogP contribution in [-0.4, -0.2) is 62.2 Å². The van der Waals surface area contributed by atoms with E-state index in [4.69, 9.17) is 9.57 Å². The summed E-state index contributed by atoms with van der Waals surface area (Å²) in [4.78, 5) is 28.5. The van der Waals surface area contributed by atoms with Crippen molar-refractivity contribution in [1.82, 2.24) is 9.62 Å². The minimum Gasteiger partial charge on any atom is -0.464 e. The van der Waals surface area contributed by atoms with Crippen LogP contribution in [0.15, 0.2) is 35.5 Å². The van der Waals surface area contributed by atoms with Crippen molar-refractivity contribution in [3.05, 3.63) is 35.9 Å². The van der Waals surface area contributed by atoms with E-state index < -0.39 is 21.6 Å². The number of carbonyl (C=O) groups is 2. The van der Waals surface area contributed by atoms with E-state index >= 15 is 0 Å². The first-order valence-electron chi connectivity index (χ1n) is 9.48. The summed E-state index contributed by atoms with van der Waals surface area (Å²) in [6, 6.07) is 9.08. The molecule has 0 radical (unpaired) electrons. The van der Waals surface area contributed by atoms with E-state index in [1.54, 1.807) is 12.1 Å². The quantitative estimate of drug-likeness (QED) is 0.513. The lowest BCUT2D eigenvalue weighted by Crippen LogP contribution is -2.47. The van der Waals surface area contributed by atoms with Gasteiger partial charge in [0.25, 0.3) is 5.91 Å². The van der Waals surface area contributed by atoms with E-state index in [1.165, 1.54) is 11.2 Å². The number of oxime groups is 1. The Balaban J connectivity index is 1.48. The topological polar surface area (TPSA) is 114 Å². The number of esters is 1. The molecular formula is C19H25N3O6S. The van der Waals surface area contributed by atoms with Gasteiger partial charge in [-0.2, -0.15) is 0 Å². The zero-order valence-corrected chi connectivity index (χ0v) is 17.1. The molecule has 10 heteroatoms. The Labute approximate surface area is 170 Å². The molecule has 1 aromatic rings. The Hall–Kier alpha value is -2.46. The first-order valence-corrected chi connectivity index (χ1v) is 11.1. The van der Waals surface area contributed by atoms with Crippen LogP contribution >= 0.6 is 0 Å². The predicted molar refractivity (Wildman–Crippen MR) is 105 cm³/mol. The molecule has 2 aliphatic rings. The summed E-state index contributed by atoms with van der Waals surface area (Å²) in [6.07, 6.45) is 1.27. The number of piperidine rings is 1. The number of benzene rings is 1. The maximum Gasteiger partial charge on any atom is 0.302 e. The van der Waals surface area contributed by atoms with E-state index in [-0.39, 0.29) is 30.5 Å². The number of hydrogen-bond acceptors (Lipinski definition) is 7. The summed E-state index contributed by atoms with van der Waals surface area (Å²) < 4.78 is 31.6. The van der Waals surface area contributed by atoms with E-state index in [2.05, 4.69) is 10.5 Å². The molecule has 1 aromatic carbocycles. The van der Waals surface area contributed by atoms with Gasteiger partial charge in [0.1, 0.15) is 17.9 Å². The molecule has 1 fully saturated rings. The lowest BCUT2D eigenvalue weighted by atomic mass is 9.87. The van der Waals surface area contributed by atoms with Gasteiger partial charge in [0.05, 0.1) is 12.3 Å². The maximum atomic E-state index is 12.7. The van der Waals surface area contributed by atoms with Gasteiger partial charge in [-0.05, 0) is 5.56 Å². The molecule has 158 valence electrons. The number of ether oxygens (including phenoxy) is 1. The Morgan fingerprint density at radius 3 is 2.59 bits per heavy atom. The van der Waals surface area contributed by atoms with Crippen LogP contribution < -0.4 is 5.32 Å². The fourth-order valence-corrected chi connectivity index (χ4v) is 4.96. The van der Waals surface area contributed by atoms with Gasteiger partial charge in [0, 0.05) is 39.3 Å². The van der Waals surface area contributed by atoms with Crippen LogP contribution in [-0.2, 0) is 34.9 Å². The number of nitrogens with zero attached hydrogens (tertiary/aromatic N) is 2. The number of hydrogen-bond donors (Lipinski definition) is 1. The highest BCUT2D eigenvalue weighted by atomic mass is 32.2. The van der Waals surface area contributed by atoms with Crippen molar-refractivity contribution in [2.24, 2.45) is 5.16 Å². The molecule has 2 aliphatic heterocycles. The van der Waals surface area contributed by atoms with E-state index in [1.807, 2.05) is 18.2 Å². The summed E-state index contributed by atoms with van der Waals surface area (Å²) in [6.45, 7) is 2.23. The van der Waals surface area contributed by atoms with Gasteiger partial charge in [0.2, 0.25) is 10.0 Å². The highest BCUT2D eigenvalue weighted by Crippen LogP contribution is 2.35. The van der Waals surface area contributed by atoms with Crippen LogP contribution in [0.4, 0.5) is 0 Å². The van der Waals surface area contributed by atoms with Gasteiger partial charge in [-0.15, -0.1) is 0 Å². The fraction of sp³-hybridized carbons (Fsp3) is 0.526. The molecule has 0 atom stereocenters. The molecule has 0 unspecified atom stereocenters. The second-order valence-electron chi connectivity index (χ2n) is 7.23. The van der Waals surface area contributed by atoms with E-state index in [0.29, 0.717) is 32.4 Å². The summed E-state index contributed by atoms with van der Waals surface area (Å²) in [5, 5.41) is 6.54. The van der Waals surface area contributed by atoms with Crippen molar-refractivity contribution in [2.75, 3.05) is 26.2 Å². The van der Waals surface area contributed by atoms with Gasteiger partial charge < -0.3 is 14.9 Å². The second-order valence-corrected chi connectivity index (χ2v) is 9.19. The van der Waals surface area contributed by atoms with E-state index in [9.17, 15) is 18.0 Å². The van der Waals surface area contributed by atoms with Gasteiger partial charge >= 0.3 is 5.97 Å². The molecular weight excluding hydrogens is 398 g/mol. The molecule has 1 spiro atoms. The highest BCUT2D eigenvalue weighted by molar-refractivity contribution is 7.88. The molecule has 2 heterocycles. The monoisotopic (exact) mass is 423 g/mol. The number of sulfonamides is 1. The highest BCUT2D eigenvalue weighted by Gasteiger charge is 2.45. The number of nitrogens with one attached hydrogen (secondary N) is 1. The summed E-state index contributed by atoms with van der Waals surface area (Å²) in [5.74, 6) is -0.810. The molecule has 0 aromatic heterocycles. The zero-order valence-electron chi connectivity index (χ0n) is 16.3. The van der Waals surface area contributed by atoms with Crippen LogP contribution in [0, 0.1) is 0 Å². The van der Waals surface area contributed by atoms with Crippen molar-refractivity contribution in [1.29, 1.82) is 0 Å². The van der Waals surface area contributed by atoms with Crippen molar-refractivity contribution in [2.45, 2.75) is 37.5 Å². The second kappa shape index (κ2) is 8.91. The molecule has 1 amide bonds. The third kappa shape index (κ3) is 5.54. The summed E-state index contributed by atoms with van der Waals surface area (Å²) in [5.41, 5.74) is 0.385. The number of carbonyl (C=O) groups excluding carboxylic acids is 2. The molecule has 29 heavy (non-hydrogen) atoms. The van der Waals surface area contributed by atoms with Crippen LogP contribution in [0.3, 0.4) is 0 Å². The summed E-state index contributed by atoms with van der Waals surface area (Å²) in [7, 11) is -3.41. The predicted octanol–water partition coefficient (Wildman–Crippen LogP) is 0.807. The average molecular weight is 423 g/mol. The molecule has 1 N–H and O–H groups in total. The van der Waals surface area contributed by atoms with Gasteiger partial charge in [-0.25, -0.2) is 12.7 Å². The number of rotatable bonds is 7. The Bertz CT molecular complexity index is 876. The first-order chi connectivity index (χ1) is 13.8. The van der Waals surface area contributed by atoms with Gasteiger partial charge in [-0.3, -0.25) is 9.59 Å². The third-order valence-corrected chi connectivity index (χ3v) is 6.86. The smallest absolute Gasteiger partial charge is 0.302 e. The van der Waals surface area contributed by atoms with Crippen molar-refractivity contribution < 1.29 is 27.6 Å². The van der Waals surface area contributed by atoms with Crippen molar-refractivity contribution >= 4 is 27.6 Å². The van der Waals surface area contributed by atoms with Crippen LogP contribution in [0.1, 0.15) is 31.7 Å². The van der Waals surface area contributed by atoms with E-state index in [0.717, 1.165) is 5.56 Å². The van der Waals surface area contributed by atoms with Crippen LogP contribution in [0.2, 0.25) is 0 Å². The van der Waals surface area contributed by atoms with Gasteiger partial charge in [0.15, 0.2) is 0 Å². The fourth-order valence-electron chi connectivity index (χ4n) is 3.42. The van der Waals surface area contributed by atoms with Crippen molar-refractivity contribution in [3.63, 3.8) is 0 Å². The first kappa shape index (κ1) is 21.3. The largest absolute Gasteiger partial charge is 0.464 e. The molecule has 0 bridgehead atoms. The lowest BCUT2D eigenvalue weighted by molar-refractivity contribution is -0.141. The Kier molecular flexibility index (Phi) is 6.53. The maximum absolute atomic E-state index is 12.7. The standard InChI is InChI=1S/C19H25N3O6S/c1-15(23)27-12-9-20-18(24)17-13-19(28-21-17)7-10-22(11-8-19)29(25,26)14-16-5-3-2-4-6-16/h2-6H,7-14H2,1H3,(H,20,24). The van der Waals surface area contributed by atoms with Crippen LogP contribution in [0.5, 0.6) is 0 Å². The van der Waals surface area contributed by atoms with Crippen LogP contribution in [0.25, 0.3) is 0 Å². The Morgan fingerprint density at radius 2 is 1.93 bits per heavy atom. The number of amides is 1. The van der Waals surface area contributed by atoms with Crippen molar-refractivity contribution in [3.8, 4) is 0 Å². The average Bonchev–Trinajstić information content (AvgIpc) is 3.09.